The first-order chi connectivity index (χ1) is 13.1. The van der Waals surface area contributed by atoms with Gasteiger partial charge in [-0.3, -0.25) is 9.59 Å². The first-order valence-electron chi connectivity index (χ1n) is 9.32. The third-order valence-electron chi connectivity index (χ3n) is 5.86. The molecule has 27 heavy (non-hydrogen) atoms. The number of nitrogens with zero attached hydrogens (tertiary/aromatic N) is 1. The van der Waals surface area contributed by atoms with Gasteiger partial charge in [-0.1, -0.05) is 54.6 Å². The first kappa shape index (κ1) is 17.7. The molecule has 2 aliphatic heterocycles. The van der Waals surface area contributed by atoms with E-state index in [1.165, 1.54) is 0 Å². The van der Waals surface area contributed by atoms with Crippen LogP contribution in [0.3, 0.4) is 0 Å². The summed E-state index contributed by atoms with van der Waals surface area (Å²) in [5, 5.41) is 9.71. The third-order valence-corrected chi connectivity index (χ3v) is 5.86. The molecule has 2 aromatic carbocycles. The van der Waals surface area contributed by atoms with Crippen molar-refractivity contribution in [1.29, 1.82) is 0 Å². The van der Waals surface area contributed by atoms with Gasteiger partial charge in [-0.15, -0.1) is 0 Å². The van der Waals surface area contributed by atoms with Gasteiger partial charge in [0.25, 0.3) is 0 Å². The monoisotopic (exact) mass is 365 g/mol. The molecule has 0 aliphatic carbocycles. The number of carbonyl (C=O) groups excluding carboxylic acids is 1. The van der Waals surface area contributed by atoms with E-state index in [1.54, 1.807) is 4.90 Å². The number of carboxylic acid groups (broad SMARTS) is 1. The number of carboxylic acids is 1. The average Bonchev–Trinajstić information content (AvgIpc) is 3.11. The molecule has 2 saturated heterocycles. The van der Waals surface area contributed by atoms with Crippen molar-refractivity contribution in [3.63, 3.8) is 0 Å². The highest BCUT2D eigenvalue weighted by Crippen LogP contribution is 2.41. The molecular weight excluding hydrogens is 342 g/mol. The predicted octanol–water partition coefficient (Wildman–Crippen LogP) is 2.85. The summed E-state index contributed by atoms with van der Waals surface area (Å²) < 4.78 is 5.43. The van der Waals surface area contributed by atoms with Gasteiger partial charge in [-0.2, -0.15) is 0 Å². The van der Waals surface area contributed by atoms with Crippen LogP contribution in [0.1, 0.15) is 12.0 Å². The molecule has 1 N–H and O–H groups in total. The van der Waals surface area contributed by atoms with Crippen LogP contribution in [0.4, 0.5) is 0 Å². The highest BCUT2D eigenvalue weighted by atomic mass is 16.5. The molecule has 2 aromatic rings. The lowest BCUT2D eigenvalue weighted by Gasteiger charge is -2.33. The van der Waals surface area contributed by atoms with Crippen LogP contribution in [0.25, 0.3) is 11.1 Å². The van der Waals surface area contributed by atoms with Crippen molar-refractivity contribution in [2.24, 2.45) is 11.3 Å². The quantitative estimate of drug-likeness (QED) is 0.905. The number of aliphatic carboxylic acids is 1. The summed E-state index contributed by atoms with van der Waals surface area (Å²) in [4.78, 5) is 26.3. The maximum atomic E-state index is 12.8. The highest BCUT2D eigenvalue weighted by Gasteiger charge is 2.55. The Morgan fingerprint density at radius 1 is 1.07 bits per heavy atom. The third kappa shape index (κ3) is 3.35. The topological polar surface area (TPSA) is 66.8 Å². The number of benzene rings is 2. The van der Waals surface area contributed by atoms with E-state index in [9.17, 15) is 14.7 Å². The lowest BCUT2D eigenvalue weighted by Crippen LogP contribution is -2.46. The fraction of sp³-hybridized carbons (Fsp3) is 0.364. The minimum absolute atomic E-state index is 0.0162. The van der Waals surface area contributed by atoms with Crippen LogP contribution in [0.15, 0.2) is 54.6 Å². The number of rotatable bonds is 4. The minimum Gasteiger partial charge on any atom is -0.481 e. The number of hydrogen-bond acceptors (Lipinski definition) is 3. The summed E-state index contributed by atoms with van der Waals surface area (Å²) >= 11 is 0. The second-order valence-corrected chi connectivity index (χ2v) is 7.51. The summed E-state index contributed by atoms with van der Waals surface area (Å²) in [6.07, 6.45) is 0.986. The molecule has 5 nitrogen and oxygen atoms in total. The van der Waals surface area contributed by atoms with Gasteiger partial charge in [0.1, 0.15) is 5.41 Å². The van der Waals surface area contributed by atoms with Crippen LogP contribution in [-0.4, -0.2) is 48.2 Å². The Kier molecular flexibility index (Phi) is 4.70. The number of likely N-dealkylation sites (tertiary alicyclic amines) is 1. The average molecular weight is 365 g/mol. The molecule has 0 spiro atoms. The van der Waals surface area contributed by atoms with Gasteiger partial charge in [0.15, 0.2) is 0 Å². The Labute approximate surface area is 158 Å². The van der Waals surface area contributed by atoms with Gasteiger partial charge in [-0.05, 0) is 29.0 Å². The molecular formula is C22H23NO4. The van der Waals surface area contributed by atoms with Crippen molar-refractivity contribution in [2.45, 2.75) is 12.8 Å². The summed E-state index contributed by atoms with van der Waals surface area (Å²) in [5.74, 6) is -0.889. The van der Waals surface area contributed by atoms with E-state index in [-0.39, 0.29) is 25.0 Å². The molecule has 140 valence electrons. The van der Waals surface area contributed by atoms with E-state index >= 15 is 0 Å². The zero-order valence-corrected chi connectivity index (χ0v) is 15.1. The number of carbonyl (C=O) groups is 2. The molecule has 1 amide bonds. The molecule has 4 rings (SSSR count). The predicted molar refractivity (Wildman–Crippen MR) is 101 cm³/mol. The number of ether oxygens (including phenoxy) is 1. The van der Waals surface area contributed by atoms with Crippen molar-refractivity contribution in [3.05, 3.63) is 60.2 Å². The van der Waals surface area contributed by atoms with E-state index in [0.29, 0.717) is 26.0 Å². The molecule has 0 radical (unpaired) electrons. The standard InChI is InChI=1S/C22H23NO4/c24-20(23-13-19-10-11-27-15-22(19,14-23)21(25)26)12-16-6-8-18(9-7-16)17-4-2-1-3-5-17/h1-9,19H,10-15H2,(H,25,26)/t19-,22+/m0/s1. The normalized spacial score (nSPS) is 24.4. The lowest BCUT2D eigenvalue weighted by atomic mass is 9.76. The molecule has 2 atom stereocenters. The zero-order valence-electron chi connectivity index (χ0n) is 15.1. The van der Waals surface area contributed by atoms with Crippen molar-refractivity contribution >= 4 is 11.9 Å². The summed E-state index contributed by atoms with van der Waals surface area (Å²) in [5.41, 5.74) is 2.25. The van der Waals surface area contributed by atoms with Gasteiger partial charge in [-0.25, -0.2) is 0 Å². The second kappa shape index (κ2) is 7.16. The van der Waals surface area contributed by atoms with Crippen LogP contribution in [0.5, 0.6) is 0 Å². The van der Waals surface area contributed by atoms with E-state index < -0.39 is 11.4 Å². The largest absolute Gasteiger partial charge is 0.481 e. The van der Waals surface area contributed by atoms with Gasteiger partial charge < -0.3 is 14.7 Å². The van der Waals surface area contributed by atoms with Crippen LogP contribution >= 0.6 is 0 Å². The summed E-state index contributed by atoms with van der Waals surface area (Å²) in [6.45, 7) is 1.52. The van der Waals surface area contributed by atoms with Crippen LogP contribution in [-0.2, 0) is 20.7 Å². The van der Waals surface area contributed by atoms with E-state index in [2.05, 4.69) is 12.1 Å². The van der Waals surface area contributed by atoms with Gasteiger partial charge in [0, 0.05) is 19.7 Å². The fourth-order valence-electron chi connectivity index (χ4n) is 4.21. The highest BCUT2D eigenvalue weighted by molar-refractivity contribution is 5.83. The van der Waals surface area contributed by atoms with Crippen LogP contribution in [0, 0.1) is 11.3 Å². The van der Waals surface area contributed by atoms with Crippen molar-refractivity contribution in [3.8, 4) is 11.1 Å². The Bertz CT molecular complexity index is 833. The zero-order chi connectivity index (χ0) is 18.9. The number of amides is 1. The fourth-order valence-corrected chi connectivity index (χ4v) is 4.21. The summed E-state index contributed by atoms with van der Waals surface area (Å²) in [7, 11) is 0. The van der Waals surface area contributed by atoms with Crippen LogP contribution < -0.4 is 0 Å². The van der Waals surface area contributed by atoms with Gasteiger partial charge in [0.2, 0.25) is 5.91 Å². The Balaban J connectivity index is 1.44. The van der Waals surface area contributed by atoms with Crippen molar-refractivity contribution in [1.82, 2.24) is 4.90 Å². The molecule has 5 heteroatoms. The van der Waals surface area contributed by atoms with E-state index in [1.807, 2.05) is 42.5 Å². The SMILES string of the molecule is O=C(Cc1ccc(-c2ccccc2)cc1)N1C[C@@H]2CCOC[C@]2(C(=O)O)C1. The molecule has 2 fully saturated rings. The molecule has 0 unspecified atom stereocenters. The van der Waals surface area contributed by atoms with Crippen molar-refractivity contribution in [2.75, 3.05) is 26.3 Å². The maximum absolute atomic E-state index is 12.8. The number of hydrogen-bond donors (Lipinski definition) is 1. The van der Waals surface area contributed by atoms with E-state index in [4.69, 9.17) is 4.74 Å². The molecule has 0 saturated carbocycles. The minimum atomic E-state index is -0.939. The second-order valence-electron chi connectivity index (χ2n) is 7.51. The summed E-state index contributed by atoms with van der Waals surface area (Å²) in [6, 6.07) is 18.1. The van der Waals surface area contributed by atoms with E-state index in [0.717, 1.165) is 16.7 Å². The first-order valence-corrected chi connectivity index (χ1v) is 9.32. The maximum Gasteiger partial charge on any atom is 0.314 e. The van der Waals surface area contributed by atoms with Crippen molar-refractivity contribution < 1.29 is 19.4 Å². The Morgan fingerprint density at radius 3 is 2.44 bits per heavy atom. The Morgan fingerprint density at radius 2 is 1.78 bits per heavy atom. The molecule has 2 heterocycles. The van der Waals surface area contributed by atoms with Gasteiger partial charge >= 0.3 is 5.97 Å². The molecule has 2 aliphatic rings. The number of fused-ring (bicyclic) bond motifs is 1. The lowest BCUT2D eigenvalue weighted by molar-refractivity contribution is -0.159. The van der Waals surface area contributed by atoms with Gasteiger partial charge in [0.05, 0.1) is 13.0 Å². The smallest absolute Gasteiger partial charge is 0.314 e. The van der Waals surface area contributed by atoms with Crippen LogP contribution in [0.2, 0.25) is 0 Å². The Hall–Kier alpha value is -2.66. The molecule has 0 aromatic heterocycles. The molecule has 0 bridgehead atoms.